The van der Waals surface area contributed by atoms with Crippen LogP contribution in [-0.4, -0.2) is 0 Å². The van der Waals surface area contributed by atoms with Crippen LogP contribution in [0, 0.1) is 11.8 Å². The van der Waals surface area contributed by atoms with Gasteiger partial charge in [0.1, 0.15) is 11.5 Å². The first-order chi connectivity index (χ1) is 9.65. The second kappa shape index (κ2) is 5.74. The molecule has 3 heteroatoms. The van der Waals surface area contributed by atoms with E-state index in [9.17, 15) is 0 Å². The molecule has 2 heterocycles. The summed E-state index contributed by atoms with van der Waals surface area (Å²) in [5.41, 5.74) is 0. The Morgan fingerprint density at radius 1 is 1.35 bits per heavy atom. The summed E-state index contributed by atoms with van der Waals surface area (Å²) in [6.07, 6.45) is 1.28. The van der Waals surface area contributed by atoms with Crippen LogP contribution in [0.2, 0.25) is 0 Å². The van der Waals surface area contributed by atoms with Crippen molar-refractivity contribution in [2.24, 2.45) is 11.8 Å². The number of nitrogens with one attached hydrogen (secondary N) is 1. The third-order valence-corrected chi connectivity index (χ3v) is 5.13. The van der Waals surface area contributed by atoms with Gasteiger partial charge in [-0.1, -0.05) is 26.8 Å². The van der Waals surface area contributed by atoms with Crippen LogP contribution >= 0.6 is 11.3 Å². The molecule has 1 fully saturated rings. The summed E-state index contributed by atoms with van der Waals surface area (Å²) in [7, 11) is 0. The predicted molar refractivity (Wildman–Crippen MR) is 84.0 cm³/mol. The van der Waals surface area contributed by atoms with E-state index in [2.05, 4.69) is 55.7 Å². The Bertz CT molecular complexity index is 543. The number of hydrogen-bond donors (Lipinski definition) is 1. The SMILES string of the molecule is CC(C)C(NCc1ccc(C2CC2C)o1)c1cccs1. The molecule has 0 saturated heterocycles. The molecular weight excluding hydrogens is 266 g/mol. The minimum Gasteiger partial charge on any atom is -0.464 e. The van der Waals surface area contributed by atoms with E-state index in [1.807, 2.05) is 11.3 Å². The second-order valence-corrected chi connectivity index (χ2v) is 7.22. The van der Waals surface area contributed by atoms with E-state index in [1.165, 1.54) is 17.1 Å². The number of hydrogen-bond acceptors (Lipinski definition) is 3. The molecule has 1 N–H and O–H groups in total. The summed E-state index contributed by atoms with van der Waals surface area (Å²) in [4.78, 5) is 1.41. The lowest BCUT2D eigenvalue weighted by Crippen LogP contribution is -2.24. The molecule has 1 saturated carbocycles. The number of thiophene rings is 1. The average Bonchev–Trinajstić information content (AvgIpc) is 2.89. The largest absolute Gasteiger partial charge is 0.464 e. The van der Waals surface area contributed by atoms with Gasteiger partial charge in [0.2, 0.25) is 0 Å². The van der Waals surface area contributed by atoms with E-state index < -0.39 is 0 Å². The maximum Gasteiger partial charge on any atom is 0.117 e. The fourth-order valence-corrected chi connectivity index (χ4v) is 3.72. The van der Waals surface area contributed by atoms with Gasteiger partial charge in [0.05, 0.1) is 6.54 Å². The maximum absolute atomic E-state index is 5.97. The summed E-state index contributed by atoms with van der Waals surface area (Å²) < 4.78 is 5.97. The Kier molecular flexibility index (Phi) is 3.99. The van der Waals surface area contributed by atoms with Crippen molar-refractivity contribution in [1.82, 2.24) is 5.32 Å². The van der Waals surface area contributed by atoms with E-state index in [4.69, 9.17) is 4.42 Å². The van der Waals surface area contributed by atoms with E-state index in [0.717, 1.165) is 18.2 Å². The van der Waals surface area contributed by atoms with Crippen LogP contribution in [0.3, 0.4) is 0 Å². The Labute approximate surface area is 125 Å². The summed E-state index contributed by atoms with van der Waals surface area (Å²) in [6.45, 7) is 7.62. The fourth-order valence-electron chi connectivity index (χ4n) is 2.75. The second-order valence-electron chi connectivity index (χ2n) is 6.24. The fraction of sp³-hybridized carbons (Fsp3) is 0.529. The minimum atomic E-state index is 0.406. The van der Waals surface area contributed by atoms with Crippen molar-refractivity contribution in [3.8, 4) is 0 Å². The van der Waals surface area contributed by atoms with Crippen molar-refractivity contribution < 1.29 is 4.42 Å². The van der Waals surface area contributed by atoms with Crippen LogP contribution in [0.5, 0.6) is 0 Å². The average molecular weight is 289 g/mol. The minimum absolute atomic E-state index is 0.406. The Hall–Kier alpha value is -1.06. The first-order valence-electron chi connectivity index (χ1n) is 7.50. The molecule has 2 aromatic heterocycles. The normalized spacial score (nSPS) is 23.2. The van der Waals surface area contributed by atoms with Gasteiger partial charge >= 0.3 is 0 Å². The monoisotopic (exact) mass is 289 g/mol. The highest BCUT2D eigenvalue weighted by molar-refractivity contribution is 7.10. The molecule has 2 nitrogen and oxygen atoms in total. The van der Waals surface area contributed by atoms with Gasteiger partial charge in [0.15, 0.2) is 0 Å². The lowest BCUT2D eigenvalue weighted by Gasteiger charge is -2.20. The van der Waals surface area contributed by atoms with Gasteiger partial charge in [-0.3, -0.25) is 0 Å². The molecule has 0 amide bonds. The van der Waals surface area contributed by atoms with Crippen molar-refractivity contribution in [2.45, 2.75) is 45.7 Å². The van der Waals surface area contributed by atoms with Gasteiger partial charge < -0.3 is 9.73 Å². The highest BCUT2D eigenvalue weighted by Gasteiger charge is 2.36. The van der Waals surface area contributed by atoms with Crippen LogP contribution < -0.4 is 5.32 Å². The third kappa shape index (κ3) is 2.99. The Balaban J connectivity index is 1.61. The zero-order chi connectivity index (χ0) is 14.1. The first-order valence-corrected chi connectivity index (χ1v) is 8.38. The van der Waals surface area contributed by atoms with Gasteiger partial charge in [-0.25, -0.2) is 0 Å². The van der Waals surface area contributed by atoms with Crippen molar-refractivity contribution in [2.75, 3.05) is 0 Å². The van der Waals surface area contributed by atoms with Crippen LogP contribution in [-0.2, 0) is 6.54 Å². The molecule has 0 bridgehead atoms. The van der Waals surface area contributed by atoms with Crippen LogP contribution in [0.1, 0.15) is 55.5 Å². The molecule has 1 aliphatic rings. The van der Waals surface area contributed by atoms with Gasteiger partial charge in [-0.05, 0) is 41.8 Å². The molecule has 3 rings (SSSR count). The van der Waals surface area contributed by atoms with Gasteiger partial charge in [0.25, 0.3) is 0 Å². The summed E-state index contributed by atoms with van der Waals surface area (Å²) in [5, 5.41) is 5.78. The van der Waals surface area contributed by atoms with E-state index in [-0.39, 0.29) is 0 Å². The molecule has 0 aliphatic heterocycles. The highest BCUT2D eigenvalue weighted by Crippen LogP contribution is 2.47. The molecule has 108 valence electrons. The zero-order valence-corrected chi connectivity index (χ0v) is 13.2. The molecule has 1 aliphatic carbocycles. The van der Waals surface area contributed by atoms with E-state index in [1.54, 1.807) is 0 Å². The van der Waals surface area contributed by atoms with Crippen molar-refractivity contribution >= 4 is 11.3 Å². The summed E-state index contributed by atoms with van der Waals surface area (Å²) >= 11 is 1.82. The molecule has 2 aromatic rings. The van der Waals surface area contributed by atoms with Gasteiger partial charge in [-0.15, -0.1) is 11.3 Å². The maximum atomic E-state index is 5.97. The summed E-state index contributed by atoms with van der Waals surface area (Å²) in [5.74, 6) is 4.28. The molecule has 3 unspecified atom stereocenters. The molecule has 0 aromatic carbocycles. The molecular formula is C17H23NOS. The topological polar surface area (TPSA) is 25.2 Å². The quantitative estimate of drug-likeness (QED) is 0.814. The Morgan fingerprint density at radius 3 is 2.75 bits per heavy atom. The zero-order valence-electron chi connectivity index (χ0n) is 12.4. The molecule has 0 radical (unpaired) electrons. The van der Waals surface area contributed by atoms with Crippen molar-refractivity contribution in [3.63, 3.8) is 0 Å². The lowest BCUT2D eigenvalue weighted by molar-refractivity contribution is 0.379. The smallest absolute Gasteiger partial charge is 0.117 e. The van der Waals surface area contributed by atoms with E-state index >= 15 is 0 Å². The van der Waals surface area contributed by atoms with E-state index in [0.29, 0.717) is 17.9 Å². The first kappa shape index (κ1) is 13.9. The molecule has 20 heavy (non-hydrogen) atoms. The van der Waals surface area contributed by atoms with Gasteiger partial charge in [-0.2, -0.15) is 0 Å². The predicted octanol–water partition coefficient (Wildman–Crippen LogP) is 4.95. The van der Waals surface area contributed by atoms with Crippen molar-refractivity contribution in [3.05, 3.63) is 46.0 Å². The number of furan rings is 1. The molecule has 3 atom stereocenters. The Morgan fingerprint density at radius 2 is 2.15 bits per heavy atom. The van der Waals surface area contributed by atoms with Crippen LogP contribution in [0.25, 0.3) is 0 Å². The van der Waals surface area contributed by atoms with Crippen LogP contribution in [0.4, 0.5) is 0 Å². The van der Waals surface area contributed by atoms with Gasteiger partial charge in [0, 0.05) is 16.8 Å². The van der Waals surface area contributed by atoms with Crippen LogP contribution in [0.15, 0.2) is 34.1 Å². The summed E-state index contributed by atoms with van der Waals surface area (Å²) in [6, 6.07) is 9.02. The third-order valence-electron chi connectivity index (χ3n) is 4.17. The molecule has 0 spiro atoms. The lowest BCUT2D eigenvalue weighted by atomic mass is 10.0. The van der Waals surface area contributed by atoms with Crippen molar-refractivity contribution in [1.29, 1.82) is 0 Å². The standard InChI is InChI=1S/C17H23NOS/c1-11(2)17(16-5-4-8-20-16)18-10-13-6-7-15(19-13)14-9-12(14)3/h4-8,11-12,14,17-18H,9-10H2,1-3H3. The number of rotatable bonds is 6. The highest BCUT2D eigenvalue weighted by atomic mass is 32.1.